The molecule has 168 valence electrons. The molecule has 2 aromatic rings. The van der Waals surface area contributed by atoms with Crippen LogP contribution in [0.25, 0.3) is 0 Å². The molecule has 0 aliphatic rings. The van der Waals surface area contributed by atoms with Crippen LogP contribution in [-0.4, -0.2) is 28.5 Å². The van der Waals surface area contributed by atoms with Gasteiger partial charge in [0.2, 0.25) is 0 Å². The summed E-state index contributed by atoms with van der Waals surface area (Å²) in [6, 6.07) is 10.2. The molecule has 0 bridgehead atoms. The number of benzene rings is 2. The summed E-state index contributed by atoms with van der Waals surface area (Å²) in [5.74, 6) is -0.876. The number of hydrogen-bond acceptors (Lipinski definition) is 5. The molecule has 0 radical (unpaired) electrons. The largest absolute Gasteiger partial charge is 0.479 e. The van der Waals surface area contributed by atoms with Gasteiger partial charge in [-0.05, 0) is 55.5 Å². The highest BCUT2D eigenvalue weighted by molar-refractivity contribution is 6.76. The van der Waals surface area contributed by atoms with Gasteiger partial charge >= 0.3 is 12.1 Å². The van der Waals surface area contributed by atoms with Crippen LogP contribution < -0.4 is 14.8 Å². The van der Waals surface area contributed by atoms with Crippen molar-refractivity contribution in [3.8, 4) is 17.2 Å². The van der Waals surface area contributed by atoms with Crippen LogP contribution in [0.4, 0.5) is 13.2 Å². The van der Waals surface area contributed by atoms with Gasteiger partial charge < -0.3 is 19.5 Å². The molecule has 0 saturated heterocycles. The van der Waals surface area contributed by atoms with E-state index in [0.717, 1.165) is 12.1 Å². The summed E-state index contributed by atoms with van der Waals surface area (Å²) in [5.41, 5.74) is -0.781. The molecule has 1 amide bonds. The predicted molar refractivity (Wildman–Crippen MR) is 107 cm³/mol. The average Bonchev–Trinajstić information content (AvgIpc) is 2.68. The topological polar surface area (TPSA) is 73.9 Å². The second-order valence-electron chi connectivity index (χ2n) is 5.97. The molecular weight excluding hydrogens is 486 g/mol. The number of rotatable bonds is 7. The first-order chi connectivity index (χ1) is 14.4. The lowest BCUT2D eigenvalue weighted by Crippen LogP contribution is -2.38. The smallest absolute Gasteiger partial charge is 0.416 e. The van der Waals surface area contributed by atoms with E-state index in [9.17, 15) is 22.8 Å². The van der Waals surface area contributed by atoms with Crippen LogP contribution in [0.5, 0.6) is 17.2 Å². The van der Waals surface area contributed by atoms with Gasteiger partial charge in [0.25, 0.3) is 9.70 Å². The van der Waals surface area contributed by atoms with Crippen LogP contribution in [0.1, 0.15) is 12.5 Å². The Kier molecular flexibility index (Phi) is 8.27. The van der Waals surface area contributed by atoms with E-state index >= 15 is 0 Å². The lowest BCUT2D eigenvalue weighted by atomic mass is 10.2. The van der Waals surface area contributed by atoms with Crippen molar-refractivity contribution in [1.82, 2.24) is 5.32 Å². The number of amides is 1. The number of hydrogen-bond donors (Lipinski definition) is 1. The van der Waals surface area contributed by atoms with Gasteiger partial charge in [-0.2, -0.15) is 13.2 Å². The van der Waals surface area contributed by atoms with Gasteiger partial charge in [-0.15, -0.1) is 0 Å². The van der Waals surface area contributed by atoms with Crippen molar-refractivity contribution in [2.24, 2.45) is 0 Å². The molecule has 0 aliphatic heterocycles. The molecule has 31 heavy (non-hydrogen) atoms. The van der Waals surface area contributed by atoms with Crippen molar-refractivity contribution in [3.05, 3.63) is 54.1 Å². The molecule has 0 fully saturated rings. The number of carbonyl (C=O) groups is 2. The standard InChI is InChI=1S/C19H15Cl3F3NO5/c1-11(16(27)29-10-26-17(28)18(20,21)22)30-13-6-8-15(9-7-13)31-14-4-2-12(3-5-14)19(23,24)25/h2-9,11H,10H2,1H3,(H,26,28). The third-order valence-electron chi connectivity index (χ3n) is 3.59. The van der Waals surface area contributed by atoms with E-state index in [1.54, 1.807) is 0 Å². The van der Waals surface area contributed by atoms with Crippen LogP contribution in [0.15, 0.2) is 48.5 Å². The zero-order chi connectivity index (χ0) is 23.2. The fraction of sp³-hybridized carbons (Fsp3) is 0.263. The number of nitrogens with one attached hydrogen (secondary N) is 1. The van der Waals surface area contributed by atoms with E-state index < -0.39 is 40.2 Å². The number of esters is 1. The lowest BCUT2D eigenvalue weighted by molar-refractivity contribution is -0.152. The van der Waals surface area contributed by atoms with Crippen LogP contribution in [-0.2, 0) is 20.5 Å². The van der Waals surface area contributed by atoms with Crippen LogP contribution >= 0.6 is 34.8 Å². The molecule has 6 nitrogen and oxygen atoms in total. The molecule has 0 aromatic heterocycles. The maximum Gasteiger partial charge on any atom is 0.416 e. The minimum Gasteiger partial charge on any atom is -0.479 e. The van der Waals surface area contributed by atoms with Crippen molar-refractivity contribution in [2.45, 2.75) is 23.0 Å². The minimum absolute atomic E-state index is 0.218. The zero-order valence-electron chi connectivity index (χ0n) is 15.7. The molecule has 0 heterocycles. The van der Waals surface area contributed by atoms with Gasteiger partial charge in [0.05, 0.1) is 5.56 Å². The average molecular weight is 501 g/mol. The van der Waals surface area contributed by atoms with Crippen LogP contribution in [0.3, 0.4) is 0 Å². The summed E-state index contributed by atoms with van der Waals surface area (Å²) in [5, 5.41) is 2.10. The summed E-state index contributed by atoms with van der Waals surface area (Å²) in [4.78, 5) is 23.2. The summed E-state index contributed by atoms with van der Waals surface area (Å²) in [7, 11) is 0. The van der Waals surface area contributed by atoms with Gasteiger partial charge in [-0.1, -0.05) is 34.8 Å². The quantitative estimate of drug-likeness (QED) is 0.319. The molecule has 0 saturated carbocycles. The number of carbonyl (C=O) groups excluding carboxylic acids is 2. The van der Waals surface area contributed by atoms with E-state index in [-0.39, 0.29) is 5.75 Å². The normalized spacial score (nSPS) is 12.6. The van der Waals surface area contributed by atoms with E-state index in [1.165, 1.54) is 43.3 Å². The molecule has 12 heteroatoms. The maximum atomic E-state index is 12.6. The Morgan fingerprint density at radius 2 is 1.42 bits per heavy atom. The van der Waals surface area contributed by atoms with Gasteiger partial charge in [0, 0.05) is 0 Å². The minimum atomic E-state index is -4.43. The highest BCUT2D eigenvalue weighted by atomic mass is 35.6. The molecule has 1 unspecified atom stereocenters. The van der Waals surface area contributed by atoms with Crippen molar-refractivity contribution < 1.29 is 37.0 Å². The molecule has 0 spiro atoms. The fourth-order valence-corrected chi connectivity index (χ4v) is 2.28. The number of ether oxygens (including phenoxy) is 3. The molecule has 1 atom stereocenters. The Labute approximate surface area is 190 Å². The van der Waals surface area contributed by atoms with Gasteiger partial charge in [0.1, 0.15) is 17.2 Å². The summed E-state index contributed by atoms with van der Waals surface area (Å²) >= 11 is 16.1. The molecular formula is C19H15Cl3F3NO5. The number of halogens is 6. The third kappa shape index (κ3) is 8.01. The molecule has 2 aromatic carbocycles. The highest BCUT2D eigenvalue weighted by Crippen LogP contribution is 2.31. The van der Waals surface area contributed by atoms with Crippen molar-refractivity contribution in [3.63, 3.8) is 0 Å². The fourth-order valence-electron chi connectivity index (χ4n) is 2.08. The second-order valence-corrected chi connectivity index (χ2v) is 8.25. The summed E-state index contributed by atoms with van der Waals surface area (Å²) < 4.78 is 51.2. The SMILES string of the molecule is CC(Oc1ccc(Oc2ccc(C(F)(F)F)cc2)cc1)C(=O)OCNC(=O)C(Cl)(Cl)Cl. The van der Waals surface area contributed by atoms with Crippen molar-refractivity contribution in [2.75, 3.05) is 6.73 Å². The Hall–Kier alpha value is -2.36. The van der Waals surface area contributed by atoms with E-state index in [4.69, 9.17) is 49.0 Å². The molecule has 1 N–H and O–H groups in total. The van der Waals surface area contributed by atoms with Gasteiger partial charge in [-0.25, -0.2) is 4.79 Å². The van der Waals surface area contributed by atoms with Crippen molar-refractivity contribution >= 4 is 46.7 Å². The second kappa shape index (κ2) is 10.3. The Morgan fingerprint density at radius 1 is 0.935 bits per heavy atom. The molecule has 2 rings (SSSR count). The van der Waals surface area contributed by atoms with Crippen LogP contribution in [0, 0.1) is 0 Å². The first kappa shape index (κ1) is 24.9. The summed E-state index contributed by atoms with van der Waals surface area (Å²) in [6.45, 7) is 0.908. The van der Waals surface area contributed by atoms with Gasteiger partial charge in [0.15, 0.2) is 12.8 Å². The monoisotopic (exact) mass is 499 g/mol. The number of alkyl halides is 6. The predicted octanol–water partition coefficient (Wildman–Crippen LogP) is 5.25. The Balaban J connectivity index is 1.84. The van der Waals surface area contributed by atoms with Crippen molar-refractivity contribution in [1.29, 1.82) is 0 Å². The lowest BCUT2D eigenvalue weighted by Gasteiger charge is -2.16. The van der Waals surface area contributed by atoms with Gasteiger partial charge in [-0.3, -0.25) is 4.79 Å². The van der Waals surface area contributed by atoms with E-state index in [2.05, 4.69) is 5.32 Å². The third-order valence-corrected chi connectivity index (χ3v) is 4.11. The maximum absolute atomic E-state index is 12.6. The Morgan fingerprint density at radius 3 is 1.90 bits per heavy atom. The Bertz CT molecular complexity index is 900. The first-order valence-corrected chi connectivity index (χ1v) is 9.63. The van der Waals surface area contributed by atoms with Crippen LogP contribution in [0.2, 0.25) is 0 Å². The van der Waals surface area contributed by atoms with E-state index in [1.807, 2.05) is 0 Å². The van der Waals surface area contributed by atoms with E-state index in [0.29, 0.717) is 11.5 Å². The zero-order valence-corrected chi connectivity index (χ0v) is 18.0. The molecule has 0 aliphatic carbocycles. The highest BCUT2D eigenvalue weighted by Gasteiger charge is 2.31. The first-order valence-electron chi connectivity index (χ1n) is 8.50. The summed E-state index contributed by atoms with van der Waals surface area (Å²) in [6.07, 6.45) is -5.45.